The topological polar surface area (TPSA) is 63.7 Å². The van der Waals surface area contributed by atoms with E-state index < -0.39 is 0 Å². The van der Waals surface area contributed by atoms with Crippen LogP contribution in [0.15, 0.2) is 42.5 Å². The van der Waals surface area contributed by atoms with Crippen LogP contribution in [0.4, 0.5) is 4.39 Å². The quantitative estimate of drug-likeness (QED) is 0.647. The second kappa shape index (κ2) is 8.09. The van der Waals surface area contributed by atoms with E-state index >= 15 is 0 Å². The lowest BCUT2D eigenvalue weighted by Crippen LogP contribution is -2.05. The number of tetrazole rings is 1. The van der Waals surface area contributed by atoms with Gasteiger partial charge in [-0.15, -0.1) is 10.2 Å². The average molecular weight is 380 g/mol. The van der Waals surface area contributed by atoms with Crippen molar-refractivity contribution in [3.05, 3.63) is 59.4 Å². The van der Waals surface area contributed by atoms with Gasteiger partial charge in [0.25, 0.3) is 0 Å². The van der Waals surface area contributed by atoms with Gasteiger partial charge in [0.2, 0.25) is 5.82 Å². The van der Waals surface area contributed by atoms with E-state index in [-0.39, 0.29) is 5.82 Å². The van der Waals surface area contributed by atoms with Crippen LogP contribution >= 0.6 is 0 Å². The molecule has 1 saturated carbocycles. The molecule has 3 aromatic rings. The average Bonchev–Trinajstić information content (AvgIpc) is 3.40. The third kappa shape index (κ3) is 3.91. The lowest BCUT2D eigenvalue weighted by molar-refractivity contribution is 0.392. The number of nitrogens with zero attached hydrogens (tertiary/aromatic N) is 3. The maximum atomic E-state index is 13.5. The second-order valence-electron chi connectivity index (χ2n) is 7.76. The molecule has 1 fully saturated rings. The number of halogens is 1. The van der Waals surface area contributed by atoms with Gasteiger partial charge >= 0.3 is 0 Å². The van der Waals surface area contributed by atoms with Crippen molar-refractivity contribution in [2.75, 3.05) is 7.11 Å². The number of aromatic nitrogens is 4. The summed E-state index contributed by atoms with van der Waals surface area (Å²) in [5, 5.41) is 14.1. The van der Waals surface area contributed by atoms with Crippen molar-refractivity contribution < 1.29 is 9.13 Å². The second-order valence-corrected chi connectivity index (χ2v) is 7.76. The van der Waals surface area contributed by atoms with Gasteiger partial charge < -0.3 is 4.74 Å². The molecule has 0 radical (unpaired) electrons. The smallest absolute Gasteiger partial charge is 0.204 e. The van der Waals surface area contributed by atoms with E-state index in [1.165, 1.54) is 37.0 Å². The molecule has 0 spiro atoms. The van der Waals surface area contributed by atoms with Crippen LogP contribution in [0.5, 0.6) is 5.75 Å². The summed E-state index contributed by atoms with van der Waals surface area (Å²) in [7, 11) is 1.61. The molecule has 0 aliphatic heterocycles. The fraction of sp³-hybridized carbons (Fsp3) is 0.409. The SMILES string of the molecule is COc1cc(F)ccc1[C@@H](C)CC1CC[C@H](c2ccc(-c3nn[nH]n3)cc2)C1. The minimum Gasteiger partial charge on any atom is -0.496 e. The summed E-state index contributed by atoms with van der Waals surface area (Å²) >= 11 is 0. The summed E-state index contributed by atoms with van der Waals surface area (Å²) in [6.45, 7) is 2.21. The van der Waals surface area contributed by atoms with Gasteiger partial charge in [-0.05, 0) is 65.8 Å². The Hall–Kier alpha value is -2.76. The summed E-state index contributed by atoms with van der Waals surface area (Å²) in [6.07, 6.45) is 4.72. The fourth-order valence-corrected chi connectivity index (χ4v) is 4.50. The maximum absolute atomic E-state index is 13.5. The Morgan fingerprint density at radius 2 is 2.00 bits per heavy atom. The van der Waals surface area contributed by atoms with Crippen molar-refractivity contribution in [3.63, 3.8) is 0 Å². The van der Waals surface area contributed by atoms with Crippen molar-refractivity contribution in [1.29, 1.82) is 0 Å². The first-order valence-corrected chi connectivity index (χ1v) is 9.81. The molecule has 146 valence electrons. The Labute approximate surface area is 164 Å². The Morgan fingerprint density at radius 1 is 1.18 bits per heavy atom. The first-order valence-electron chi connectivity index (χ1n) is 9.81. The maximum Gasteiger partial charge on any atom is 0.204 e. The summed E-state index contributed by atoms with van der Waals surface area (Å²) in [5.74, 6) is 2.63. The van der Waals surface area contributed by atoms with Gasteiger partial charge in [0.15, 0.2) is 0 Å². The van der Waals surface area contributed by atoms with Crippen molar-refractivity contribution in [2.24, 2.45) is 5.92 Å². The summed E-state index contributed by atoms with van der Waals surface area (Å²) < 4.78 is 18.9. The monoisotopic (exact) mass is 380 g/mol. The van der Waals surface area contributed by atoms with E-state index in [4.69, 9.17) is 4.74 Å². The number of H-pyrrole nitrogens is 1. The number of aromatic amines is 1. The van der Waals surface area contributed by atoms with Gasteiger partial charge in [0.05, 0.1) is 7.11 Å². The number of nitrogens with one attached hydrogen (secondary N) is 1. The van der Waals surface area contributed by atoms with Crippen LogP contribution < -0.4 is 4.74 Å². The molecule has 1 heterocycles. The molecule has 0 saturated heterocycles. The predicted octanol–water partition coefficient (Wildman–Crippen LogP) is 5.09. The van der Waals surface area contributed by atoms with Crippen molar-refractivity contribution >= 4 is 0 Å². The van der Waals surface area contributed by atoms with Gasteiger partial charge in [-0.25, -0.2) is 4.39 Å². The van der Waals surface area contributed by atoms with E-state index in [1.807, 2.05) is 6.07 Å². The lowest BCUT2D eigenvalue weighted by Gasteiger charge is -2.19. The first-order chi connectivity index (χ1) is 13.6. The van der Waals surface area contributed by atoms with E-state index in [0.29, 0.717) is 29.3 Å². The molecule has 1 aliphatic carbocycles. The van der Waals surface area contributed by atoms with Crippen LogP contribution in [-0.4, -0.2) is 27.7 Å². The molecule has 1 N–H and O–H groups in total. The summed E-state index contributed by atoms with van der Waals surface area (Å²) in [6, 6.07) is 13.4. The Balaban J connectivity index is 1.39. The number of hydrogen-bond acceptors (Lipinski definition) is 4. The number of hydrogen-bond donors (Lipinski definition) is 1. The highest BCUT2D eigenvalue weighted by Crippen LogP contribution is 2.43. The Morgan fingerprint density at radius 3 is 2.71 bits per heavy atom. The highest BCUT2D eigenvalue weighted by Gasteiger charge is 2.28. The molecule has 6 heteroatoms. The molecule has 28 heavy (non-hydrogen) atoms. The first kappa shape index (κ1) is 18.6. The van der Waals surface area contributed by atoms with E-state index in [9.17, 15) is 4.39 Å². The van der Waals surface area contributed by atoms with Crippen LogP contribution in [0.3, 0.4) is 0 Å². The minimum atomic E-state index is -0.252. The lowest BCUT2D eigenvalue weighted by atomic mass is 9.87. The molecule has 4 rings (SSSR count). The molecule has 3 atom stereocenters. The summed E-state index contributed by atoms with van der Waals surface area (Å²) in [5.41, 5.74) is 3.45. The van der Waals surface area contributed by atoms with E-state index in [1.54, 1.807) is 7.11 Å². The van der Waals surface area contributed by atoms with Gasteiger partial charge in [0.1, 0.15) is 11.6 Å². The zero-order valence-corrected chi connectivity index (χ0v) is 16.2. The number of benzene rings is 2. The minimum absolute atomic E-state index is 0.252. The molecule has 1 aromatic heterocycles. The predicted molar refractivity (Wildman–Crippen MR) is 106 cm³/mol. The highest BCUT2D eigenvalue weighted by molar-refractivity contribution is 5.54. The van der Waals surface area contributed by atoms with Gasteiger partial charge in [-0.1, -0.05) is 37.3 Å². The molecular weight excluding hydrogens is 355 g/mol. The van der Waals surface area contributed by atoms with Crippen molar-refractivity contribution in [3.8, 4) is 17.1 Å². The van der Waals surface area contributed by atoms with Crippen LogP contribution in [0.25, 0.3) is 11.4 Å². The largest absolute Gasteiger partial charge is 0.496 e. The third-order valence-corrected chi connectivity index (χ3v) is 5.94. The van der Waals surface area contributed by atoms with Crippen LogP contribution in [0, 0.1) is 11.7 Å². The van der Waals surface area contributed by atoms with Gasteiger partial charge in [-0.2, -0.15) is 5.21 Å². The zero-order valence-electron chi connectivity index (χ0n) is 16.2. The molecule has 5 nitrogen and oxygen atoms in total. The Bertz CT molecular complexity index is 911. The van der Waals surface area contributed by atoms with Crippen molar-refractivity contribution in [1.82, 2.24) is 20.6 Å². The molecule has 0 amide bonds. The number of methoxy groups -OCH3 is 1. The van der Waals surface area contributed by atoms with E-state index in [0.717, 1.165) is 17.5 Å². The van der Waals surface area contributed by atoms with E-state index in [2.05, 4.69) is 51.8 Å². The standard InChI is InChI=1S/C22H25FN4O/c1-14(20-10-9-19(23)13-21(20)28-2)11-15-3-4-18(12-15)16-5-7-17(8-6-16)22-24-26-27-25-22/h5-10,13-15,18H,3-4,11-12H2,1-2H3,(H,24,25,26,27)/t14-,15?,18-/m0/s1. The highest BCUT2D eigenvalue weighted by atomic mass is 19.1. The molecule has 1 aliphatic rings. The van der Waals surface area contributed by atoms with Gasteiger partial charge in [-0.3, -0.25) is 0 Å². The third-order valence-electron chi connectivity index (χ3n) is 5.94. The Kier molecular flexibility index (Phi) is 5.37. The van der Waals surface area contributed by atoms with Crippen LogP contribution in [0.2, 0.25) is 0 Å². The fourth-order valence-electron chi connectivity index (χ4n) is 4.50. The van der Waals surface area contributed by atoms with Gasteiger partial charge in [0, 0.05) is 11.6 Å². The zero-order chi connectivity index (χ0) is 19.5. The molecular formula is C22H25FN4O. The molecule has 0 bridgehead atoms. The molecule has 2 aromatic carbocycles. The summed E-state index contributed by atoms with van der Waals surface area (Å²) in [4.78, 5) is 0. The number of rotatable bonds is 6. The normalized spacial score (nSPS) is 20.2. The number of ether oxygens (including phenoxy) is 1. The van der Waals surface area contributed by atoms with Crippen LogP contribution in [0.1, 0.15) is 55.6 Å². The van der Waals surface area contributed by atoms with Crippen molar-refractivity contribution in [2.45, 2.75) is 44.4 Å². The molecule has 1 unspecified atom stereocenters. The van der Waals surface area contributed by atoms with Crippen LogP contribution in [-0.2, 0) is 0 Å².